The van der Waals surface area contributed by atoms with Crippen molar-refractivity contribution in [3.8, 4) is 0 Å². The van der Waals surface area contributed by atoms with Crippen LogP contribution >= 0.6 is 22.5 Å². The minimum Gasteiger partial charge on any atom is -0.480 e. The number of carbonyl (C=O) groups is 6. The number of hydrogen-bond donors (Lipinski definition) is 12. The fraction of sp³-hybridized carbons (Fsp3) is 0.667. The molecule has 1 rings (SSSR count). The van der Waals surface area contributed by atoms with Crippen LogP contribution in [0.3, 0.4) is 0 Å². The van der Waals surface area contributed by atoms with Gasteiger partial charge in [0.15, 0.2) is 0 Å². The minimum absolute atomic E-state index is 1.15. The van der Waals surface area contributed by atoms with Gasteiger partial charge < -0.3 is 30.6 Å². The number of hydrogen-bond acceptors (Lipinski definition) is 15. The second kappa shape index (κ2) is 14.6. The van der Waals surface area contributed by atoms with E-state index >= 15 is 0 Å². The summed E-state index contributed by atoms with van der Waals surface area (Å²) in [6.45, 7) is 6.89. The third-order valence-electron chi connectivity index (χ3n) is 5.24. The molecule has 12 N–H and O–H groups in total. The second-order valence-corrected chi connectivity index (χ2v) is 16.5. The second-order valence-electron chi connectivity index (χ2n) is 9.21. The van der Waals surface area contributed by atoms with Gasteiger partial charge in [0.2, 0.25) is 22.5 Å². The van der Waals surface area contributed by atoms with E-state index in [0.717, 1.165) is 41.5 Å². The van der Waals surface area contributed by atoms with Crippen molar-refractivity contribution in [2.24, 2.45) is 13.5 Å². The summed E-state index contributed by atoms with van der Waals surface area (Å²) in [4.78, 5) is 71.3. The fourth-order valence-corrected chi connectivity index (χ4v) is 15.5. The highest BCUT2D eigenvalue weighted by Gasteiger charge is 2.44. The summed E-state index contributed by atoms with van der Waals surface area (Å²) in [5, 5.41) is 73.4. The predicted molar refractivity (Wildman–Crippen MR) is 149 cm³/mol. The number of nitrogens with one attached hydrogen (secondary N) is 6. The highest BCUT2D eigenvalue weighted by atomic mass is 31.3. The molecule has 21 nitrogen and oxygen atoms in total. The molecule has 0 radical (unpaired) electrons. The van der Waals surface area contributed by atoms with Crippen LogP contribution in [0.15, 0.2) is 13.5 Å². The molecule has 0 amide bonds. The maximum absolute atomic E-state index is 11.9. The Morgan fingerprint density at radius 3 is 0.595 bits per heavy atom. The molecule has 0 aliphatic carbocycles. The molecule has 0 bridgehead atoms. The molecule has 0 spiro atoms. The van der Waals surface area contributed by atoms with Crippen LogP contribution < -0.4 is 30.5 Å². The molecule has 1 aliphatic heterocycles. The smallest absolute Gasteiger partial charge is 0.320 e. The summed E-state index contributed by atoms with van der Waals surface area (Å²) in [7, 11) is -12.7. The van der Waals surface area contributed by atoms with Crippen LogP contribution in [0.4, 0.5) is 0 Å². The molecule has 0 saturated heterocycles. The molecule has 6 atom stereocenters. The van der Waals surface area contributed by atoms with Crippen LogP contribution in [0, 0.1) is 0 Å². The Balaban J connectivity index is 4.48. The van der Waals surface area contributed by atoms with E-state index in [0.29, 0.717) is 0 Å². The Hall–Kier alpha value is -2.73. The Morgan fingerprint density at radius 1 is 0.381 bits per heavy atom. The molecule has 42 heavy (non-hydrogen) atoms. The van der Waals surface area contributed by atoms with E-state index in [1.54, 1.807) is 0 Å². The van der Waals surface area contributed by atoms with Gasteiger partial charge >= 0.3 is 35.8 Å². The quantitative estimate of drug-likeness (QED) is 0.0872. The summed E-state index contributed by atoms with van der Waals surface area (Å²) in [5.41, 5.74) is 0. The molecular formula is C18H36N9O12P3. The number of carboxylic acids is 6. The minimum atomic E-state index is -4.23. The van der Waals surface area contributed by atoms with Crippen molar-refractivity contribution in [1.29, 1.82) is 0 Å². The number of carboxylic acid groups (broad SMARTS) is 6. The van der Waals surface area contributed by atoms with Crippen molar-refractivity contribution in [2.75, 3.05) is 0 Å². The lowest BCUT2D eigenvalue weighted by Gasteiger charge is -2.40. The Bertz CT molecular complexity index is 1040. The van der Waals surface area contributed by atoms with Crippen LogP contribution in [0.25, 0.3) is 0 Å². The molecule has 0 aromatic rings. The summed E-state index contributed by atoms with van der Waals surface area (Å²) in [5.74, 6) is -8.76. The molecule has 0 aromatic heterocycles. The highest BCUT2D eigenvalue weighted by Crippen LogP contribution is 2.71. The van der Waals surface area contributed by atoms with Crippen LogP contribution in [0.2, 0.25) is 0 Å². The monoisotopic (exact) mass is 663 g/mol. The normalized spacial score (nSPS) is 27.9. The lowest BCUT2D eigenvalue weighted by atomic mass is 10.4. The lowest BCUT2D eigenvalue weighted by Crippen LogP contribution is -2.45. The van der Waals surface area contributed by atoms with Gasteiger partial charge in [0, 0.05) is 0 Å². The zero-order valence-electron chi connectivity index (χ0n) is 23.3. The third kappa shape index (κ3) is 10.2. The average Bonchev–Trinajstić information content (AvgIpc) is 2.82. The molecule has 1 aliphatic rings. The zero-order valence-corrected chi connectivity index (χ0v) is 26.0. The summed E-state index contributed by atoms with van der Waals surface area (Å²) < 4.78 is 13.4. The maximum atomic E-state index is 11.9. The average molecular weight is 663 g/mol. The molecule has 1 heterocycles. The Labute approximate surface area is 239 Å². The highest BCUT2D eigenvalue weighted by molar-refractivity contribution is 7.83. The van der Waals surface area contributed by atoms with Gasteiger partial charge in [-0.25, -0.2) is 30.5 Å². The first-order valence-corrected chi connectivity index (χ1v) is 17.1. The summed E-state index contributed by atoms with van der Waals surface area (Å²) >= 11 is 0. The molecule has 0 saturated carbocycles. The number of aliphatic carboxylic acids is 6. The molecule has 0 aromatic carbocycles. The summed E-state index contributed by atoms with van der Waals surface area (Å²) in [6, 6.07) is -9.15. The molecule has 0 fully saturated rings. The van der Waals surface area contributed by atoms with Gasteiger partial charge in [-0.2, -0.15) is 13.5 Å². The van der Waals surface area contributed by atoms with Gasteiger partial charge in [0.25, 0.3) is 0 Å². The first-order chi connectivity index (χ1) is 19.1. The van der Waals surface area contributed by atoms with Crippen molar-refractivity contribution in [3.63, 3.8) is 0 Å². The van der Waals surface area contributed by atoms with Gasteiger partial charge in [-0.3, -0.25) is 28.8 Å². The Kier molecular flexibility index (Phi) is 13.0. The van der Waals surface area contributed by atoms with Crippen molar-refractivity contribution < 1.29 is 59.4 Å². The largest absolute Gasteiger partial charge is 0.480 e. The summed E-state index contributed by atoms with van der Waals surface area (Å²) in [6.07, 6.45) is 0. The number of rotatable bonds is 18. The van der Waals surface area contributed by atoms with Crippen molar-refractivity contribution >= 4 is 58.3 Å². The van der Waals surface area contributed by atoms with Gasteiger partial charge in [-0.1, -0.05) is 0 Å². The fourth-order valence-electron chi connectivity index (χ4n) is 2.99. The van der Waals surface area contributed by atoms with E-state index in [-0.39, 0.29) is 0 Å². The van der Waals surface area contributed by atoms with Crippen LogP contribution in [-0.4, -0.2) is 103 Å². The van der Waals surface area contributed by atoms with Crippen molar-refractivity contribution in [3.05, 3.63) is 0 Å². The molecular weight excluding hydrogens is 627 g/mol. The SMILES string of the molecule is CC(NP1(NC(C)C(=O)O)=NP(NC(C)C(=O)O)(NC(C)C(=O)O)=NP(NC(C)C(=O)O)(NC(C)C(=O)O)=N1)C(=O)O. The van der Waals surface area contributed by atoms with Gasteiger partial charge in [-0.05, 0) is 41.5 Å². The first kappa shape index (κ1) is 37.3. The van der Waals surface area contributed by atoms with E-state index in [4.69, 9.17) is 0 Å². The number of nitrogens with zero attached hydrogens (tertiary/aromatic N) is 3. The molecule has 24 heteroatoms. The van der Waals surface area contributed by atoms with Crippen molar-refractivity contribution in [2.45, 2.75) is 77.8 Å². The van der Waals surface area contributed by atoms with E-state index in [2.05, 4.69) is 44.1 Å². The van der Waals surface area contributed by atoms with Crippen LogP contribution in [0.1, 0.15) is 41.5 Å². The maximum Gasteiger partial charge on any atom is 0.320 e. The van der Waals surface area contributed by atoms with Gasteiger partial charge in [-0.15, -0.1) is 0 Å². The van der Waals surface area contributed by atoms with Gasteiger partial charge in [0.1, 0.15) is 36.3 Å². The molecule has 6 unspecified atom stereocenters. The van der Waals surface area contributed by atoms with Crippen LogP contribution in [0.5, 0.6) is 0 Å². The van der Waals surface area contributed by atoms with Crippen LogP contribution in [-0.2, 0) is 28.8 Å². The third-order valence-corrected chi connectivity index (χ3v) is 15.9. The van der Waals surface area contributed by atoms with Gasteiger partial charge in [0.05, 0.1) is 0 Å². The Morgan fingerprint density at radius 2 is 0.500 bits per heavy atom. The van der Waals surface area contributed by atoms with E-state index in [1.807, 2.05) is 0 Å². The van der Waals surface area contributed by atoms with Crippen molar-refractivity contribution in [1.82, 2.24) is 30.5 Å². The predicted octanol–water partition coefficient (Wildman–Crippen LogP) is 0.215. The topological polar surface area (TPSA) is 333 Å². The first-order valence-electron chi connectivity index (χ1n) is 12.0. The lowest BCUT2D eigenvalue weighted by molar-refractivity contribution is -0.139. The molecule has 240 valence electrons. The standard InChI is InChI=1S/C18H36N9O12P3/c1-7(13(28)29)19-40(20-8(2)14(30)31)25-41(21-9(3)15(32)33,22-10(4)16(34)35)27-42(26-40,23-11(5)17(36)37)24-12(6)18(38)39/h7-12,19-24H,1-6H3,(H,28,29)(H,30,31)(H,32,33)(H,34,35)(H,36,37)(H,38,39). The van der Waals surface area contributed by atoms with E-state index in [9.17, 15) is 59.4 Å². The van der Waals surface area contributed by atoms with E-state index in [1.165, 1.54) is 0 Å². The van der Waals surface area contributed by atoms with E-state index < -0.39 is 94.6 Å². The zero-order chi connectivity index (χ0) is 32.8.